The van der Waals surface area contributed by atoms with Gasteiger partial charge in [0.15, 0.2) is 0 Å². The Morgan fingerprint density at radius 2 is 1.85 bits per heavy atom. The van der Waals surface area contributed by atoms with Crippen molar-refractivity contribution >= 4 is 57.9 Å². The molecular weight excluding hydrogens is 645 g/mol. The minimum Gasteiger partial charge on any atom is -0.465 e. The van der Waals surface area contributed by atoms with Crippen LogP contribution in [0, 0.1) is 5.92 Å². The number of nitrogens with zero attached hydrogens (tertiary/aromatic N) is 1. The van der Waals surface area contributed by atoms with Crippen molar-refractivity contribution in [3.63, 3.8) is 0 Å². The summed E-state index contributed by atoms with van der Waals surface area (Å²) in [5, 5.41) is 17.8. The van der Waals surface area contributed by atoms with Crippen LogP contribution < -0.4 is 16.4 Å². The lowest BCUT2D eigenvalue weighted by Gasteiger charge is -2.44. The maximum Gasteiger partial charge on any atom is 0.408 e. The summed E-state index contributed by atoms with van der Waals surface area (Å²) >= 11 is 12.9. The first-order valence-corrected chi connectivity index (χ1v) is 16.4. The summed E-state index contributed by atoms with van der Waals surface area (Å²) in [7, 11) is 1.42. The molecule has 5 atom stereocenters. The van der Waals surface area contributed by atoms with E-state index in [-0.39, 0.29) is 31.7 Å². The third-order valence-electron chi connectivity index (χ3n) is 9.65. The molecule has 1 aliphatic rings. The van der Waals surface area contributed by atoms with Crippen molar-refractivity contribution < 1.29 is 29.0 Å². The average molecular weight is 689 g/mol. The Morgan fingerprint density at radius 3 is 2.43 bits per heavy atom. The van der Waals surface area contributed by atoms with Crippen LogP contribution in [0.5, 0.6) is 0 Å². The highest BCUT2D eigenvalue weighted by molar-refractivity contribution is 6.38. The van der Waals surface area contributed by atoms with Crippen molar-refractivity contribution in [2.75, 3.05) is 7.11 Å². The molecule has 0 saturated carbocycles. The molecule has 0 saturated heterocycles. The molecule has 254 valence electrons. The van der Waals surface area contributed by atoms with E-state index in [9.17, 15) is 24.3 Å². The smallest absolute Gasteiger partial charge is 0.408 e. The zero-order chi connectivity index (χ0) is 34.7. The minimum absolute atomic E-state index is 0.0108. The number of nitrogens with two attached hydrogens (primary N) is 1. The molecule has 3 aromatic rings. The van der Waals surface area contributed by atoms with Gasteiger partial charge in [0.1, 0.15) is 17.6 Å². The topological polar surface area (TPSA) is 167 Å². The quantitative estimate of drug-likeness (QED) is 0.166. The van der Waals surface area contributed by atoms with Gasteiger partial charge >= 0.3 is 6.09 Å². The standard InChI is InChI=1S/C34H43Cl2N5O6/c1-6-19(3)26(29(37)42)39-31(44)34(14-13-25-23(17-34)22-15-21(35)16-24(36)27(22)38-25)40-30(43)28(33(4,7-2)47-5)41(32(45)46)18-20-11-9-8-10-12-20/h8-12,15-16,19,26,28,38H,6-7,13-14,17-18H2,1-5H3,(H2,37,42)(H,39,44)(H,40,43)(H,45,46)/t19-,26-,28?,33?,34+/m0/s1. The van der Waals surface area contributed by atoms with Crippen molar-refractivity contribution in [3.05, 3.63) is 69.3 Å². The first-order valence-electron chi connectivity index (χ1n) is 15.7. The molecule has 47 heavy (non-hydrogen) atoms. The summed E-state index contributed by atoms with van der Waals surface area (Å²) < 4.78 is 5.83. The Kier molecular flexibility index (Phi) is 11.1. The number of hydrogen-bond donors (Lipinski definition) is 5. The molecule has 13 heteroatoms. The van der Waals surface area contributed by atoms with Crippen molar-refractivity contribution in [2.45, 2.75) is 89.6 Å². The highest BCUT2D eigenvalue weighted by Gasteiger charge is 2.50. The van der Waals surface area contributed by atoms with Crippen LogP contribution in [0.25, 0.3) is 10.9 Å². The van der Waals surface area contributed by atoms with Gasteiger partial charge in [0.05, 0.1) is 16.1 Å². The molecule has 1 heterocycles. The monoisotopic (exact) mass is 687 g/mol. The van der Waals surface area contributed by atoms with E-state index in [1.807, 2.05) is 13.0 Å². The van der Waals surface area contributed by atoms with Gasteiger partial charge in [-0.2, -0.15) is 0 Å². The van der Waals surface area contributed by atoms with Crippen molar-refractivity contribution in [1.82, 2.24) is 20.5 Å². The first kappa shape index (κ1) is 36.0. The third-order valence-corrected chi connectivity index (χ3v) is 10.2. The fraction of sp³-hybridized carbons (Fsp3) is 0.471. The molecular formula is C34H43Cl2N5O6. The van der Waals surface area contributed by atoms with E-state index in [4.69, 9.17) is 33.7 Å². The molecule has 1 aliphatic carbocycles. The highest BCUT2D eigenvalue weighted by Crippen LogP contribution is 2.39. The molecule has 11 nitrogen and oxygen atoms in total. The summed E-state index contributed by atoms with van der Waals surface area (Å²) in [6, 6.07) is 9.91. The SMILES string of the molecule is CC[C@H](C)[C@H](NC(=O)[C@@]1(NC(=O)C(N(Cc2ccccc2)C(=O)O)C(C)(CC)OC)CCc2[nH]c3c(Cl)cc(Cl)cc3c2C1)C(N)=O. The molecule has 0 bridgehead atoms. The summed E-state index contributed by atoms with van der Waals surface area (Å²) in [4.78, 5) is 58.8. The van der Waals surface area contributed by atoms with Crippen LogP contribution in [0.1, 0.15) is 63.8 Å². The fourth-order valence-corrected chi connectivity index (χ4v) is 6.93. The van der Waals surface area contributed by atoms with E-state index in [1.54, 1.807) is 57.2 Å². The minimum atomic E-state index is -1.60. The van der Waals surface area contributed by atoms with Crippen LogP contribution in [0.4, 0.5) is 4.79 Å². The van der Waals surface area contributed by atoms with Gasteiger partial charge in [0.2, 0.25) is 17.7 Å². The Hall–Kier alpha value is -3.80. The average Bonchev–Trinajstić information content (AvgIpc) is 3.40. The number of aryl methyl sites for hydroxylation is 1. The number of primary amides is 1. The number of rotatable bonds is 13. The maximum atomic E-state index is 14.6. The van der Waals surface area contributed by atoms with Crippen LogP contribution in [0.15, 0.2) is 42.5 Å². The Morgan fingerprint density at radius 1 is 1.17 bits per heavy atom. The Balaban J connectivity index is 1.84. The van der Waals surface area contributed by atoms with E-state index in [0.29, 0.717) is 39.4 Å². The van der Waals surface area contributed by atoms with Crippen molar-refractivity contribution in [3.8, 4) is 0 Å². The summed E-state index contributed by atoms with van der Waals surface area (Å²) in [6.45, 7) is 7.04. The number of aromatic nitrogens is 1. The number of halogens is 2. The van der Waals surface area contributed by atoms with Gasteiger partial charge in [-0.15, -0.1) is 0 Å². The molecule has 2 aromatic carbocycles. The lowest BCUT2D eigenvalue weighted by atomic mass is 9.77. The van der Waals surface area contributed by atoms with Gasteiger partial charge in [-0.1, -0.05) is 80.7 Å². The number of amides is 4. The van der Waals surface area contributed by atoms with Crippen LogP contribution >= 0.6 is 23.2 Å². The number of H-pyrrole nitrogens is 1. The number of hydrogen-bond acceptors (Lipinski definition) is 5. The predicted molar refractivity (Wildman–Crippen MR) is 181 cm³/mol. The highest BCUT2D eigenvalue weighted by atomic mass is 35.5. The van der Waals surface area contributed by atoms with E-state index >= 15 is 0 Å². The van der Waals surface area contributed by atoms with E-state index in [0.717, 1.165) is 16.2 Å². The van der Waals surface area contributed by atoms with Crippen molar-refractivity contribution in [1.29, 1.82) is 0 Å². The molecule has 0 spiro atoms. The number of methoxy groups -OCH3 is 1. The number of fused-ring (bicyclic) bond motifs is 3. The van der Waals surface area contributed by atoms with E-state index in [1.165, 1.54) is 7.11 Å². The number of carboxylic acid groups (broad SMARTS) is 1. The summed E-state index contributed by atoms with van der Waals surface area (Å²) in [6.07, 6.45) is -0.00726. The van der Waals surface area contributed by atoms with Gasteiger partial charge in [-0.3, -0.25) is 19.3 Å². The fourth-order valence-electron chi connectivity index (χ4n) is 6.39. The molecule has 4 rings (SSSR count). The van der Waals surface area contributed by atoms with Gasteiger partial charge < -0.3 is 31.2 Å². The van der Waals surface area contributed by atoms with Crippen LogP contribution in [-0.4, -0.2) is 69.1 Å². The third kappa shape index (κ3) is 7.37. The van der Waals surface area contributed by atoms with Gasteiger partial charge in [0, 0.05) is 36.2 Å². The lowest BCUT2D eigenvalue weighted by Crippen LogP contribution is -2.69. The largest absolute Gasteiger partial charge is 0.465 e. The lowest BCUT2D eigenvalue weighted by molar-refractivity contribution is -0.146. The summed E-state index contributed by atoms with van der Waals surface area (Å²) in [5.41, 5.74) is 5.72. The van der Waals surface area contributed by atoms with E-state index < -0.39 is 47.0 Å². The molecule has 0 radical (unpaired) electrons. The summed E-state index contributed by atoms with van der Waals surface area (Å²) in [5.74, 6) is -2.32. The normalized spacial score (nSPS) is 19.1. The molecule has 0 fully saturated rings. The number of carbonyl (C=O) groups is 4. The van der Waals surface area contributed by atoms with Crippen molar-refractivity contribution in [2.24, 2.45) is 11.7 Å². The van der Waals surface area contributed by atoms with Gasteiger partial charge in [-0.05, 0) is 55.4 Å². The van der Waals surface area contributed by atoms with Crippen LogP contribution in [0.3, 0.4) is 0 Å². The van der Waals surface area contributed by atoms with E-state index in [2.05, 4.69) is 15.6 Å². The second-order valence-corrected chi connectivity index (χ2v) is 13.4. The second kappa shape index (κ2) is 14.5. The Bertz CT molecular complexity index is 1640. The molecule has 1 aromatic heterocycles. The zero-order valence-electron chi connectivity index (χ0n) is 27.3. The number of nitrogens with one attached hydrogen (secondary N) is 3. The number of ether oxygens (including phenoxy) is 1. The molecule has 0 aliphatic heterocycles. The first-order chi connectivity index (χ1) is 22.2. The van der Waals surface area contributed by atoms with Gasteiger partial charge in [-0.25, -0.2) is 4.79 Å². The second-order valence-electron chi connectivity index (χ2n) is 12.5. The maximum absolute atomic E-state index is 14.6. The molecule has 4 amide bonds. The predicted octanol–water partition coefficient (Wildman–Crippen LogP) is 5.20. The molecule has 2 unspecified atom stereocenters. The number of aromatic amines is 1. The number of benzene rings is 2. The molecule has 6 N–H and O–H groups in total. The van der Waals surface area contributed by atoms with Crippen LogP contribution in [0.2, 0.25) is 10.0 Å². The van der Waals surface area contributed by atoms with Crippen LogP contribution in [-0.2, 0) is 38.5 Å². The zero-order valence-corrected chi connectivity index (χ0v) is 28.8. The Labute approximate surface area is 284 Å². The van der Waals surface area contributed by atoms with Gasteiger partial charge in [0.25, 0.3) is 0 Å². The number of carbonyl (C=O) groups excluding carboxylic acids is 3.